The maximum Gasteiger partial charge on any atom is 0.262 e. The Hall–Kier alpha value is -2.33. The highest BCUT2D eigenvalue weighted by Gasteiger charge is 2.28. The summed E-state index contributed by atoms with van der Waals surface area (Å²) in [6.07, 6.45) is 0. The van der Waals surface area contributed by atoms with Crippen molar-refractivity contribution in [2.24, 2.45) is 0 Å². The first-order valence-electron chi connectivity index (χ1n) is 8.41. The van der Waals surface area contributed by atoms with E-state index in [0.29, 0.717) is 10.6 Å². The summed E-state index contributed by atoms with van der Waals surface area (Å²) in [6, 6.07) is 9.53. The minimum absolute atomic E-state index is 0.0992. The average Bonchev–Trinajstić information content (AvgIpc) is 2.66. The summed E-state index contributed by atoms with van der Waals surface area (Å²) in [6.45, 7) is -0.480. The lowest BCUT2D eigenvalue weighted by Crippen LogP contribution is -2.38. The molecule has 2 aromatic carbocycles. The van der Waals surface area contributed by atoms with Gasteiger partial charge in [0.25, 0.3) is 5.91 Å². The lowest BCUT2D eigenvalue weighted by molar-refractivity contribution is -0.121. The van der Waals surface area contributed by atoms with Crippen molar-refractivity contribution >= 4 is 50.7 Å². The second-order valence-corrected chi connectivity index (χ2v) is 9.07. The quantitative estimate of drug-likeness (QED) is 0.691. The van der Waals surface area contributed by atoms with Crippen molar-refractivity contribution in [3.05, 3.63) is 52.0 Å². The smallest absolute Gasteiger partial charge is 0.262 e. The fourth-order valence-corrected chi connectivity index (χ4v) is 4.47. The van der Waals surface area contributed by atoms with Crippen LogP contribution < -0.4 is 15.4 Å². The molecular weight excluding hydrogens is 441 g/mol. The van der Waals surface area contributed by atoms with Crippen LogP contribution in [0.3, 0.4) is 0 Å². The minimum Gasteiger partial charge on any atom is -0.482 e. The molecule has 0 atom stereocenters. The molecule has 0 radical (unpaired) electrons. The molecule has 2 N–H and O–H groups in total. The van der Waals surface area contributed by atoms with Crippen molar-refractivity contribution in [2.45, 2.75) is 11.4 Å². The van der Waals surface area contributed by atoms with Gasteiger partial charge in [-0.05, 0) is 17.7 Å². The highest BCUT2D eigenvalue weighted by atomic mass is 35.5. The number of ether oxygens (including phenoxy) is 1. The van der Waals surface area contributed by atoms with Crippen molar-refractivity contribution < 1.29 is 22.7 Å². The number of rotatable bonds is 6. The SMILES string of the molecule is CN(CC(=O)NCc1ccccc1Cl)S(=O)(=O)c1cc2c(cc1Cl)NC(=O)CO2. The van der Waals surface area contributed by atoms with Crippen LogP contribution in [0.15, 0.2) is 41.3 Å². The second kappa shape index (κ2) is 8.58. The molecule has 1 aliphatic heterocycles. The molecule has 29 heavy (non-hydrogen) atoms. The summed E-state index contributed by atoms with van der Waals surface area (Å²) in [7, 11) is -2.81. The molecule has 0 saturated heterocycles. The van der Waals surface area contributed by atoms with Crippen LogP contribution in [0.2, 0.25) is 10.0 Å². The summed E-state index contributed by atoms with van der Waals surface area (Å²) < 4.78 is 31.8. The summed E-state index contributed by atoms with van der Waals surface area (Å²) in [5.41, 5.74) is 0.996. The van der Waals surface area contributed by atoms with Gasteiger partial charge < -0.3 is 15.4 Å². The summed E-state index contributed by atoms with van der Waals surface area (Å²) in [4.78, 5) is 23.4. The van der Waals surface area contributed by atoms with Crippen molar-refractivity contribution in [1.29, 1.82) is 0 Å². The van der Waals surface area contributed by atoms with E-state index in [2.05, 4.69) is 10.6 Å². The number of nitrogens with zero attached hydrogens (tertiary/aromatic N) is 1. The number of hydrogen-bond donors (Lipinski definition) is 2. The number of hydrogen-bond acceptors (Lipinski definition) is 5. The predicted octanol–water partition coefficient (Wildman–Crippen LogP) is 2.26. The first kappa shape index (κ1) is 21.4. The number of halogens is 2. The molecule has 2 aromatic rings. The monoisotopic (exact) mass is 457 g/mol. The first-order valence-corrected chi connectivity index (χ1v) is 10.6. The van der Waals surface area contributed by atoms with Crippen LogP contribution in [0, 0.1) is 0 Å². The zero-order valence-corrected chi connectivity index (χ0v) is 17.6. The highest BCUT2D eigenvalue weighted by molar-refractivity contribution is 7.89. The van der Waals surface area contributed by atoms with Crippen molar-refractivity contribution in [3.63, 3.8) is 0 Å². The van der Waals surface area contributed by atoms with Gasteiger partial charge in [0.1, 0.15) is 10.6 Å². The van der Waals surface area contributed by atoms with E-state index in [4.69, 9.17) is 27.9 Å². The minimum atomic E-state index is -4.08. The molecule has 0 aromatic heterocycles. The highest BCUT2D eigenvalue weighted by Crippen LogP contribution is 2.36. The molecule has 0 spiro atoms. The largest absolute Gasteiger partial charge is 0.482 e. The van der Waals surface area contributed by atoms with Gasteiger partial charge in [-0.1, -0.05) is 41.4 Å². The number of amides is 2. The van der Waals surface area contributed by atoms with E-state index < -0.39 is 22.5 Å². The maximum atomic E-state index is 12.9. The van der Waals surface area contributed by atoms with Crippen molar-refractivity contribution in [1.82, 2.24) is 9.62 Å². The number of likely N-dealkylation sites (N-methyl/N-ethyl adjacent to an activating group) is 1. The molecular formula is C18H17Cl2N3O5S. The Morgan fingerprint density at radius 1 is 1.24 bits per heavy atom. The number of fused-ring (bicyclic) bond motifs is 1. The van der Waals surface area contributed by atoms with E-state index in [1.165, 1.54) is 19.2 Å². The lowest BCUT2D eigenvalue weighted by Gasteiger charge is -2.22. The van der Waals surface area contributed by atoms with E-state index in [0.717, 1.165) is 4.31 Å². The average molecular weight is 458 g/mol. The van der Waals surface area contributed by atoms with Crippen molar-refractivity contribution in [3.8, 4) is 5.75 Å². The zero-order chi connectivity index (χ0) is 21.2. The third-order valence-electron chi connectivity index (χ3n) is 4.16. The van der Waals surface area contributed by atoms with Crippen LogP contribution >= 0.6 is 23.2 Å². The van der Waals surface area contributed by atoms with Gasteiger partial charge in [-0.25, -0.2) is 8.42 Å². The predicted molar refractivity (Wildman–Crippen MR) is 109 cm³/mol. The molecule has 0 bridgehead atoms. The van der Waals surface area contributed by atoms with Crippen LogP contribution in [-0.4, -0.2) is 44.7 Å². The fraction of sp³-hybridized carbons (Fsp3) is 0.222. The first-order chi connectivity index (χ1) is 13.7. The molecule has 11 heteroatoms. The molecule has 0 aliphatic carbocycles. The molecule has 154 valence electrons. The molecule has 0 fully saturated rings. The Bertz CT molecular complexity index is 1080. The van der Waals surface area contributed by atoms with Gasteiger partial charge in [-0.15, -0.1) is 0 Å². The lowest BCUT2D eigenvalue weighted by atomic mass is 10.2. The van der Waals surface area contributed by atoms with Gasteiger partial charge in [0.2, 0.25) is 15.9 Å². The second-order valence-electron chi connectivity index (χ2n) is 6.24. The van der Waals surface area contributed by atoms with Gasteiger partial charge in [-0.2, -0.15) is 4.31 Å². The van der Waals surface area contributed by atoms with E-state index in [1.54, 1.807) is 24.3 Å². The summed E-state index contributed by atoms with van der Waals surface area (Å²) in [5.74, 6) is -0.686. The zero-order valence-electron chi connectivity index (χ0n) is 15.2. The maximum absolute atomic E-state index is 12.9. The van der Waals surface area contributed by atoms with E-state index in [9.17, 15) is 18.0 Å². The number of nitrogens with one attached hydrogen (secondary N) is 2. The molecule has 0 saturated carbocycles. The van der Waals surface area contributed by atoms with Crippen LogP contribution in [0.1, 0.15) is 5.56 Å². The van der Waals surface area contributed by atoms with Gasteiger partial charge in [0, 0.05) is 24.7 Å². The van der Waals surface area contributed by atoms with E-state index in [-0.39, 0.29) is 40.4 Å². The molecule has 3 rings (SSSR count). The Labute approximate surface area is 177 Å². The Morgan fingerprint density at radius 3 is 2.69 bits per heavy atom. The number of anilines is 1. The Kier molecular flexibility index (Phi) is 6.33. The van der Waals surface area contributed by atoms with Crippen molar-refractivity contribution in [2.75, 3.05) is 25.5 Å². The standard InChI is InChI=1S/C18H17Cl2N3O5S/c1-23(9-17(24)21-8-11-4-2-3-5-12(11)19)29(26,27)16-7-15-14(6-13(16)20)22-18(25)10-28-15/h2-7H,8-10H2,1H3,(H,21,24)(H,22,25). The third kappa shape index (κ3) is 4.81. The van der Waals surface area contributed by atoms with Gasteiger partial charge in [-0.3, -0.25) is 9.59 Å². The van der Waals surface area contributed by atoms with Crippen LogP contribution in [0.5, 0.6) is 5.75 Å². The van der Waals surface area contributed by atoms with E-state index >= 15 is 0 Å². The summed E-state index contributed by atoms with van der Waals surface area (Å²) in [5, 5.41) is 5.58. The number of carbonyl (C=O) groups is 2. The molecule has 0 unspecified atom stereocenters. The molecule has 2 amide bonds. The van der Waals surface area contributed by atoms with Gasteiger partial charge in [0.15, 0.2) is 6.61 Å². The van der Waals surface area contributed by atoms with Gasteiger partial charge in [0.05, 0.1) is 17.3 Å². The fourth-order valence-electron chi connectivity index (χ4n) is 2.63. The van der Waals surface area contributed by atoms with E-state index in [1.807, 2.05) is 0 Å². The molecule has 1 heterocycles. The third-order valence-corrected chi connectivity index (χ3v) is 6.79. The Morgan fingerprint density at radius 2 is 1.97 bits per heavy atom. The number of sulfonamides is 1. The molecule has 8 nitrogen and oxygen atoms in total. The Balaban J connectivity index is 1.71. The van der Waals surface area contributed by atoms with Crippen LogP contribution in [-0.2, 0) is 26.2 Å². The topological polar surface area (TPSA) is 105 Å². The normalized spacial score (nSPS) is 13.4. The number of benzene rings is 2. The van der Waals surface area contributed by atoms with Gasteiger partial charge >= 0.3 is 0 Å². The summed E-state index contributed by atoms with van der Waals surface area (Å²) >= 11 is 12.1. The van der Waals surface area contributed by atoms with Crippen LogP contribution in [0.4, 0.5) is 5.69 Å². The van der Waals surface area contributed by atoms with Crippen LogP contribution in [0.25, 0.3) is 0 Å². The number of carbonyl (C=O) groups excluding carboxylic acids is 2. The molecule has 1 aliphatic rings.